The SMILES string of the molecule is CCCNCc1sccc1S(=O)(=O)N(C)C(C)C(C)(C)C. The van der Waals surface area contributed by atoms with Crippen LogP contribution in [0.2, 0.25) is 0 Å². The number of hydrogen-bond acceptors (Lipinski definition) is 4. The van der Waals surface area contributed by atoms with E-state index in [0.717, 1.165) is 17.8 Å². The molecular weight excluding hydrogens is 304 g/mol. The standard InChI is InChI=1S/C15H28N2O2S2/c1-7-9-16-11-13-14(8-10-20-13)21(18,19)17(6)12(2)15(3,4)5/h8,10,12,16H,7,9,11H2,1-6H3. The van der Waals surface area contributed by atoms with Gasteiger partial charge in [-0.15, -0.1) is 11.3 Å². The molecule has 0 saturated carbocycles. The highest BCUT2D eigenvalue weighted by Gasteiger charge is 2.33. The van der Waals surface area contributed by atoms with Crippen molar-refractivity contribution in [3.05, 3.63) is 16.3 Å². The van der Waals surface area contributed by atoms with Crippen molar-refractivity contribution in [1.29, 1.82) is 0 Å². The summed E-state index contributed by atoms with van der Waals surface area (Å²) in [7, 11) is -1.77. The van der Waals surface area contributed by atoms with Gasteiger partial charge in [-0.1, -0.05) is 27.7 Å². The van der Waals surface area contributed by atoms with Crippen LogP contribution in [0.15, 0.2) is 16.3 Å². The Kier molecular flexibility index (Phi) is 6.40. The summed E-state index contributed by atoms with van der Waals surface area (Å²) >= 11 is 1.50. The van der Waals surface area contributed by atoms with E-state index in [9.17, 15) is 8.42 Å². The summed E-state index contributed by atoms with van der Waals surface area (Å²) in [6, 6.07) is 1.65. The first-order valence-corrected chi connectivity index (χ1v) is 9.69. The molecule has 0 saturated heterocycles. The van der Waals surface area contributed by atoms with Crippen molar-refractivity contribution in [2.45, 2.75) is 58.5 Å². The fourth-order valence-electron chi connectivity index (χ4n) is 1.97. The minimum absolute atomic E-state index is 0.0705. The van der Waals surface area contributed by atoms with Gasteiger partial charge in [-0.05, 0) is 36.8 Å². The van der Waals surface area contributed by atoms with Crippen LogP contribution < -0.4 is 5.32 Å². The van der Waals surface area contributed by atoms with E-state index < -0.39 is 10.0 Å². The average Bonchev–Trinajstić information content (AvgIpc) is 2.85. The molecule has 1 unspecified atom stereocenters. The van der Waals surface area contributed by atoms with Gasteiger partial charge in [0.1, 0.15) is 0 Å². The Hall–Kier alpha value is -0.430. The highest BCUT2D eigenvalue weighted by molar-refractivity contribution is 7.89. The fourth-order valence-corrected chi connectivity index (χ4v) is 4.90. The topological polar surface area (TPSA) is 49.4 Å². The number of hydrogen-bond donors (Lipinski definition) is 1. The zero-order valence-corrected chi connectivity index (χ0v) is 15.6. The minimum Gasteiger partial charge on any atom is -0.312 e. The highest BCUT2D eigenvalue weighted by atomic mass is 32.2. The van der Waals surface area contributed by atoms with Crippen molar-refractivity contribution in [2.75, 3.05) is 13.6 Å². The highest BCUT2D eigenvalue weighted by Crippen LogP contribution is 2.30. The van der Waals surface area contributed by atoms with Gasteiger partial charge in [0, 0.05) is 24.5 Å². The number of rotatable bonds is 7. The maximum atomic E-state index is 12.8. The molecule has 1 aromatic heterocycles. The Bertz CT molecular complexity index is 544. The second-order valence-electron chi connectivity index (χ2n) is 6.45. The zero-order chi connectivity index (χ0) is 16.3. The number of thiophene rings is 1. The molecule has 1 N–H and O–H groups in total. The Balaban J connectivity index is 3.01. The summed E-state index contributed by atoms with van der Waals surface area (Å²) in [5, 5.41) is 5.13. The fraction of sp³-hybridized carbons (Fsp3) is 0.733. The summed E-state index contributed by atoms with van der Waals surface area (Å²) < 4.78 is 27.2. The van der Waals surface area contributed by atoms with E-state index >= 15 is 0 Å². The second kappa shape index (κ2) is 7.22. The lowest BCUT2D eigenvalue weighted by Crippen LogP contribution is -2.43. The Morgan fingerprint density at radius 1 is 1.38 bits per heavy atom. The molecule has 4 nitrogen and oxygen atoms in total. The molecule has 6 heteroatoms. The minimum atomic E-state index is -3.44. The monoisotopic (exact) mass is 332 g/mol. The van der Waals surface area contributed by atoms with Crippen LogP contribution in [0.5, 0.6) is 0 Å². The van der Waals surface area contributed by atoms with Gasteiger partial charge in [-0.3, -0.25) is 0 Å². The van der Waals surface area contributed by atoms with Gasteiger partial charge < -0.3 is 5.32 Å². The van der Waals surface area contributed by atoms with Crippen LogP contribution in [0.4, 0.5) is 0 Å². The third kappa shape index (κ3) is 4.52. The summed E-state index contributed by atoms with van der Waals surface area (Å²) in [6.07, 6.45) is 1.04. The molecule has 1 heterocycles. The second-order valence-corrected chi connectivity index (χ2v) is 9.41. The van der Waals surface area contributed by atoms with Crippen LogP contribution in [-0.4, -0.2) is 32.4 Å². The summed E-state index contributed by atoms with van der Waals surface area (Å²) in [5.74, 6) is 0. The lowest BCUT2D eigenvalue weighted by Gasteiger charge is -2.34. The molecule has 122 valence electrons. The van der Waals surface area contributed by atoms with Crippen molar-refractivity contribution < 1.29 is 8.42 Å². The van der Waals surface area contributed by atoms with Crippen LogP contribution in [0.25, 0.3) is 0 Å². The van der Waals surface area contributed by atoms with Crippen LogP contribution >= 0.6 is 11.3 Å². The predicted octanol–water partition coefficient (Wildman–Crippen LogP) is 3.30. The van der Waals surface area contributed by atoms with Crippen molar-refractivity contribution in [1.82, 2.24) is 9.62 Å². The van der Waals surface area contributed by atoms with Gasteiger partial charge in [-0.25, -0.2) is 8.42 Å². The molecule has 1 atom stereocenters. The molecule has 0 aliphatic heterocycles. The molecule has 0 radical (unpaired) electrons. The van der Waals surface area contributed by atoms with E-state index in [0.29, 0.717) is 11.4 Å². The normalized spacial score (nSPS) is 14.6. The van der Waals surface area contributed by atoms with Gasteiger partial charge in [0.15, 0.2) is 0 Å². The molecule has 1 rings (SSSR count). The van der Waals surface area contributed by atoms with E-state index in [1.165, 1.54) is 15.6 Å². The zero-order valence-electron chi connectivity index (χ0n) is 13.9. The molecular formula is C15H28N2O2S2. The van der Waals surface area contributed by atoms with E-state index in [1.807, 2.05) is 12.3 Å². The Morgan fingerprint density at radius 2 is 2.00 bits per heavy atom. The number of nitrogens with one attached hydrogen (secondary N) is 1. The van der Waals surface area contributed by atoms with Gasteiger partial charge >= 0.3 is 0 Å². The third-order valence-corrected chi connectivity index (χ3v) is 6.94. The number of sulfonamides is 1. The summed E-state index contributed by atoms with van der Waals surface area (Å²) in [6.45, 7) is 11.7. The van der Waals surface area contributed by atoms with Crippen molar-refractivity contribution >= 4 is 21.4 Å². The molecule has 0 spiro atoms. The van der Waals surface area contributed by atoms with Crippen LogP contribution in [0.3, 0.4) is 0 Å². The lowest BCUT2D eigenvalue weighted by molar-refractivity contribution is 0.216. The van der Waals surface area contributed by atoms with Gasteiger partial charge in [0.05, 0.1) is 4.90 Å². The first-order valence-electron chi connectivity index (χ1n) is 7.37. The van der Waals surface area contributed by atoms with Crippen LogP contribution in [0.1, 0.15) is 45.9 Å². The van der Waals surface area contributed by atoms with Gasteiger partial charge in [-0.2, -0.15) is 4.31 Å². The molecule has 0 bridgehead atoms. The lowest BCUT2D eigenvalue weighted by atomic mass is 9.88. The third-order valence-electron chi connectivity index (χ3n) is 3.87. The first kappa shape index (κ1) is 18.6. The molecule has 0 amide bonds. The van der Waals surface area contributed by atoms with E-state index in [1.54, 1.807) is 13.1 Å². The molecule has 0 fully saturated rings. The van der Waals surface area contributed by atoms with Crippen molar-refractivity contribution in [3.8, 4) is 0 Å². The maximum absolute atomic E-state index is 12.8. The van der Waals surface area contributed by atoms with Gasteiger partial charge in [0.25, 0.3) is 0 Å². The maximum Gasteiger partial charge on any atom is 0.244 e. The summed E-state index contributed by atoms with van der Waals surface area (Å²) in [4.78, 5) is 1.33. The van der Waals surface area contributed by atoms with Crippen LogP contribution in [-0.2, 0) is 16.6 Å². The number of nitrogens with zero attached hydrogens (tertiary/aromatic N) is 1. The molecule has 21 heavy (non-hydrogen) atoms. The Morgan fingerprint density at radius 3 is 2.52 bits per heavy atom. The molecule has 0 aromatic carbocycles. The van der Waals surface area contributed by atoms with E-state index in [-0.39, 0.29) is 11.5 Å². The molecule has 0 aliphatic rings. The smallest absolute Gasteiger partial charge is 0.244 e. The summed E-state index contributed by atoms with van der Waals surface area (Å²) in [5.41, 5.74) is -0.0987. The van der Waals surface area contributed by atoms with Crippen LogP contribution in [0, 0.1) is 5.41 Å². The van der Waals surface area contributed by atoms with Crippen molar-refractivity contribution in [2.24, 2.45) is 5.41 Å². The first-order chi connectivity index (χ1) is 9.62. The van der Waals surface area contributed by atoms with Crippen molar-refractivity contribution in [3.63, 3.8) is 0 Å². The predicted molar refractivity (Wildman–Crippen MR) is 90.2 cm³/mol. The van der Waals surface area contributed by atoms with Gasteiger partial charge in [0.2, 0.25) is 10.0 Å². The Labute approximate surface area is 133 Å². The average molecular weight is 333 g/mol. The van der Waals surface area contributed by atoms with E-state index in [2.05, 4.69) is 33.0 Å². The molecule has 1 aromatic rings. The quantitative estimate of drug-likeness (QED) is 0.779. The van der Waals surface area contributed by atoms with E-state index in [4.69, 9.17) is 0 Å². The molecule has 0 aliphatic carbocycles. The largest absolute Gasteiger partial charge is 0.312 e.